The molecule has 3 aromatic rings. The number of ether oxygens (including phenoxy) is 1. The van der Waals surface area contributed by atoms with Gasteiger partial charge in [0.05, 0.1) is 12.7 Å². The Morgan fingerprint density at radius 1 is 1.11 bits per heavy atom. The average Bonchev–Trinajstić information content (AvgIpc) is 3.18. The number of Topliss-reactive ketones (excluding diaryl/α,β-unsaturated/α-hetero) is 1. The van der Waals surface area contributed by atoms with Crippen LogP contribution in [0.2, 0.25) is 0 Å². The van der Waals surface area contributed by atoms with Crippen LogP contribution in [0.5, 0.6) is 5.75 Å². The van der Waals surface area contributed by atoms with Crippen LogP contribution in [0, 0.1) is 31.6 Å². The van der Waals surface area contributed by atoms with Crippen LogP contribution >= 0.6 is 0 Å². The van der Waals surface area contributed by atoms with E-state index in [1.807, 2.05) is 19.1 Å². The number of methoxy groups -OCH3 is 1. The van der Waals surface area contributed by atoms with Gasteiger partial charge in [-0.05, 0) is 69.9 Å². The summed E-state index contributed by atoms with van der Waals surface area (Å²) in [5.74, 6) is 3.00. The average molecular weight is 489 g/mol. The summed E-state index contributed by atoms with van der Waals surface area (Å²) >= 11 is 0. The van der Waals surface area contributed by atoms with Crippen LogP contribution in [0.3, 0.4) is 0 Å². The molecule has 0 radical (unpaired) electrons. The molecule has 1 aromatic carbocycles. The number of carbonyl (C=O) groups excluding carboxylic acids is 1. The molecular formula is C31H40N2O3. The van der Waals surface area contributed by atoms with Gasteiger partial charge in [0.2, 0.25) is 0 Å². The van der Waals surface area contributed by atoms with Gasteiger partial charge in [0, 0.05) is 40.3 Å². The molecular weight excluding hydrogens is 448 g/mol. The van der Waals surface area contributed by atoms with Crippen LogP contribution in [0.4, 0.5) is 0 Å². The van der Waals surface area contributed by atoms with E-state index in [9.17, 15) is 9.59 Å². The standard InChI is InChI=1S/C31H40N2O3/c1-19-18-29(36-4)26(31(35)32-19)16-17-28(34)30-21(3)33(27-15-8-7-13-25(27)30)20(2)23-14-9-11-22-10-5-6-12-24(22)23/h7-8,13,15,18,20,22-24H,5-6,9-12,14,16-17H2,1-4H3,(H,32,35). The van der Waals surface area contributed by atoms with E-state index in [0.717, 1.165) is 39.7 Å². The van der Waals surface area contributed by atoms with Crippen LogP contribution in [-0.2, 0) is 6.42 Å². The minimum atomic E-state index is -0.174. The molecule has 0 amide bonds. The summed E-state index contributed by atoms with van der Waals surface area (Å²) in [6.07, 6.45) is 10.1. The molecule has 5 heteroatoms. The van der Waals surface area contributed by atoms with Crippen molar-refractivity contribution in [3.8, 4) is 5.75 Å². The number of pyridine rings is 1. The second-order valence-corrected chi connectivity index (χ2v) is 11.1. The van der Waals surface area contributed by atoms with Gasteiger partial charge in [0.15, 0.2) is 5.78 Å². The van der Waals surface area contributed by atoms with Gasteiger partial charge in [-0.15, -0.1) is 0 Å². The number of hydrogen-bond acceptors (Lipinski definition) is 3. The molecule has 5 rings (SSSR count). The van der Waals surface area contributed by atoms with Crippen molar-refractivity contribution < 1.29 is 9.53 Å². The molecule has 2 saturated carbocycles. The van der Waals surface area contributed by atoms with Crippen molar-refractivity contribution in [2.24, 2.45) is 17.8 Å². The molecule has 0 aliphatic heterocycles. The van der Waals surface area contributed by atoms with E-state index in [1.165, 1.54) is 44.9 Å². The van der Waals surface area contributed by atoms with Gasteiger partial charge in [-0.1, -0.05) is 50.3 Å². The zero-order chi connectivity index (χ0) is 25.4. The van der Waals surface area contributed by atoms with Gasteiger partial charge >= 0.3 is 0 Å². The van der Waals surface area contributed by atoms with Crippen molar-refractivity contribution in [3.05, 3.63) is 63.2 Å². The minimum Gasteiger partial charge on any atom is -0.496 e. The van der Waals surface area contributed by atoms with Gasteiger partial charge in [-0.3, -0.25) is 9.59 Å². The third-order valence-corrected chi connectivity index (χ3v) is 9.14. The number of benzene rings is 1. The summed E-state index contributed by atoms with van der Waals surface area (Å²) in [5.41, 5.74) is 4.16. The first kappa shape index (κ1) is 24.9. The second-order valence-electron chi connectivity index (χ2n) is 11.1. The Labute approximate surface area is 214 Å². The number of aryl methyl sites for hydroxylation is 1. The second kappa shape index (κ2) is 10.3. The monoisotopic (exact) mass is 488 g/mol. The number of aromatic nitrogens is 2. The Bertz CT molecular complexity index is 1320. The SMILES string of the molecule is COc1cc(C)[nH]c(=O)c1CCC(=O)c1c(C)n(C(C)C2CCCC3CCCCC32)c2ccccc12. The lowest BCUT2D eigenvalue weighted by molar-refractivity contribution is 0.0731. The lowest BCUT2D eigenvalue weighted by Gasteiger charge is -2.44. The zero-order valence-corrected chi connectivity index (χ0v) is 22.2. The zero-order valence-electron chi connectivity index (χ0n) is 22.2. The Morgan fingerprint density at radius 2 is 1.86 bits per heavy atom. The van der Waals surface area contributed by atoms with Crippen molar-refractivity contribution in [2.45, 2.75) is 84.6 Å². The third kappa shape index (κ3) is 4.42. The van der Waals surface area contributed by atoms with Crippen LogP contribution < -0.4 is 10.3 Å². The van der Waals surface area contributed by atoms with Crippen LogP contribution in [-0.4, -0.2) is 22.4 Å². The molecule has 2 aliphatic carbocycles. The number of aromatic amines is 1. The highest BCUT2D eigenvalue weighted by Gasteiger charge is 2.39. The highest BCUT2D eigenvalue weighted by Crippen LogP contribution is 2.48. The van der Waals surface area contributed by atoms with E-state index in [0.29, 0.717) is 29.7 Å². The maximum atomic E-state index is 13.7. The van der Waals surface area contributed by atoms with Crippen LogP contribution in [0.15, 0.2) is 35.1 Å². The topological polar surface area (TPSA) is 64.1 Å². The molecule has 2 heterocycles. The highest BCUT2D eigenvalue weighted by molar-refractivity contribution is 6.09. The van der Waals surface area contributed by atoms with E-state index >= 15 is 0 Å². The van der Waals surface area contributed by atoms with Crippen molar-refractivity contribution in [2.75, 3.05) is 7.11 Å². The number of ketones is 1. The molecule has 5 nitrogen and oxygen atoms in total. The summed E-state index contributed by atoms with van der Waals surface area (Å²) in [5, 5.41) is 1.03. The van der Waals surface area contributed by atoms with E-state index < -0.39 is 0 Å². The lowest BCUT2D eigenvalue weighted by atomic mass is 9.63. The first-order valence-corrected chi connectivity index (χ1v) is 13.8. The van der Waals surface area contributed by atoms with E-state index in [4.69, 9.17) is 4.74 Å². The fraction of sp³-hybridized carbons (Fsp3) is 0.548. The maximum Gasteiger partial charge on any atom is 0.255 e. The fourth-order valence-corrected chi connectivity index (χ4v) is 7.52. The molecule has 36 heavy (non-hydrogen) atoms. The number of H-pyrrole nitrogens is 1. The number of fused-ring (bicyclic) bond motifs is 2. The van der Waals surface area contributed by atoms with Crippen LogP contribution in [0.25, 0.3) is 10.9 Å². The van der Waals surface area contributed by atoms with Gasteiger partial charge in [-0.25, -0.2) is 0 Å². The third-order valence-electron chi connectivity index (χ3n) is 9.14. The highest BCUT2D eigenvalue weighted by atomic mass is 16.5. The van der Waals surface area contributed by atoms with Gasteiger partial charge < -0.3 is 14.3 Å². The van der Waals surface area contributed by atoms with Gasteiger partial charge in [-0.2, -0.15) is 0 Å². The van der Waals surface area contributed by atoms with Crippen molar-refractivity contribution in [1.29, 1.82) is 0 Å². The number of rotatable bonds is 7. The Kier molecular flexibility index (Phi) is 7.09. The summed E-state index contributed by atoms with van der Waals surface area (Å²) < 4.78 is 7.91. The molecule has 192 valence electrons. The molecule has 2 fully saturated rings. The Balaban J connectivity index is 1.47. The molecule has 0 bridgehead atoms. The number of para-hydroxylation sites is 1. The van der Waals surface area contributed by atoms with Gasteiger partial charge in [0.25, 0.3) is 5.56 Å². The van der Waals surface area contributed by atoms with Crippen LogP contribution in [0.1, 0.15) is 91.6 Å². The van der Waals surface area contributed by atoms with Crippen molar-refractivity contribution in [1.82, 2.24) is 9.55 Å². The molecule has 2 aliphatic rings. The first-order valence-electron chi connectivity index (χ1n) is 13.8. The predicted octanol–water partition coefficient (Wildman–Crippen LogP) is 6.94. The van der Waals surface area contributed by atoms with E-state index in [2.05, 4.69) is 41.6 Å². The normalized spacial score (nSPS) is 22.8. The number of hydrogen-bond donors (Lipinski definition) is 1. The maximum absolute atomic E-state index is 13.7. The summed E-state index contributed by atoms with van der Waals surface area (Å²) in [7, 11) is 1.57. The van der Waals surface area contributed by atoms with Crippen molar-refractivity contribution >= 4 is 16.7 Å². The number of carbonyl (C=O) groups is 1. The fourth-order valence-electron chi connectivity index (χ4n) is 7.52. The molecule has 0 spiro atoms. The number of nitrogens with one attached hydrogen (secondary N) is 1. The molecule has 2 aromatic heterocycles. The lowest BCUT2D eigenvalue weighted by Crippen LogP contribution is -2.35. The number of nitrogens with zero attached hydrogens (tertiary/aromatic N) is 1. The molecule has 0 saturated heterocycles. The smallest absolute Gasteiger partial charge is 0.255 e. The summed E-state index contributed by atoms with van der Waals surface area (Å²) in [6.45, 7) is 6.33. The van der Waals surface area contributed by atoms with Crippen molar-refractivity contribution in [3.63, 3.8) is 0 Å². The van der Waals surface area contributed by atoms with E-state index in [-0.39, 0.29) is 17.8 Å². The summed E-state index contributed by atoms with van der Waals surface area (Å²) in [4.78, 5) is 29.1. The molecule has 4 unspecified atom stereocenters. The molecule has 4 atom stereocenters. The largest absolute Gasteiger partial charge is 0.496 e. The molecule has 1 N–H and O–H groups in total. The predicted molar refractivity (Wildman–Crippen MR) is 145 cm³/mol. The Morgan fingerprint density at radius 3 is 2.67 bits per heavy atom. The minimum absolute atomic E-state index is 0.0934. The quantitative estimate of drug-likeness (QED) is 0.366. The first-order chi connectivity index (χ1) is 17.4. The summed E-state index contributed by atoms with van der Waals surface area (Å²) in [6, 6.07) is 10.6. The Hall–Kier alpha value is -2.82. The van der Waals surface area contributed by atoms with Gasteiger partial charge in [0.1, 0.15) is 5.75 Å². The van der Waals surface area contributed by atoms with E-state index in [1.54, 1.807) is 7.11 Å².